The minimum Gasteiger partial charge on any atom is -0.444 e. The SMILES string of the molecule is CC(C)(C)OC(=O)N1CCC(NC(=O)N(CC2CCOC2)C2CC2)CC1. The molecular formula is C19H33N3O4. The van der Waals surface area contributed by atoms with E-state index in [9.17, 15) is 9.59 Å². The average molecular weight is 367 g/mol. The van der Waals surface area contributed by atoms with Crippen molar-refractivity contribution in [2.75, 3.05) is 32.8 Å². The van der Waals surface area contributed by atoms with Crippen LogP contribution < -0.4 is 5.32 Å². The van der Waals surface area contributed by atoms with E-state index in [1.165, 1.54) is 0 Å². The van der Waals surface area contributed by atoms with E-state index in [-0.39, 0.29) is 18.2 Å². The van der Waals surface area contributed by atoms with Crippen LogP contribution >= 0.6 is 0 Å². The first-order valence-corrected chi connectivity index (χ1v) is 9.94. The van der Waals surface area contributed by atoms with Gasteiger partial charge in [0, 0.05) is 44.2 Å². The molecule has 7 heteroatoms. The van der Waals surface area contributed by atoms with Crippen molar-refractivity contribution in [3.63, 3.8) is 0 Å². The maximum atomic E-state index is 12.8. The zero-order chi connectivity index (χ0) is 18.7. The fourth-order valence-electron chi connectivity index (χ4n) is 3.58. The highest BCUT2D eigenvalue weighted by molar-refractivity contribution is 5.75. The number of piperidine rings is 1. The summed E-state index contributed by atoms with van der Waals surface area (Å²) in [5.41, 5.74) is -0.475. The molecule has 0 bridgehead atoms. The van der Waals surface area contributed by atoms with Crippen LogP contribution in [-0.2, 0) is 9.47 Å². The summed E-state index contributed by atoms with van der Waals surface area (Å²) in [4.78, 5) is 28.6. The molecule has 1 unspecified atom stereocenters. The first-order valence-electron chi connectivity index (χ1n) is 9.94. The monoisotopic (exact) mass is 367 g/mol. The molecule has 26 heavy (non-hydrogen) atoms. The highest BCUT2D eigenvalue weighted by Gasteiger charge is 2.36. The van der Waals surface area contributed by atoms with Crippen molar-refractivity contribution in [2.24, 2.45) is 5.92 Å². The van der Waals surface area contributed by atoms with Gasteiger partial charge in [-0.25, -0.2) is 9.59 Å². The van der Waals surface area contributed by atoms with E-state index in [2.05, 4.69) is 5.32 Å². The van der Waals surface area contributed by atoms with Gasteiger partial charge in [0.25, 0.3) is 0 Å². The first kappa shape index (κ1) is 19.3. The number of rotatable bonds is 4. The van der Waals surface area contributed by atoms with Crippen LogP contribution in [0.1, 0.15) is 52.9 Å². The van der Waals surface area contributed by atoms with Crippen LogP contribution in [0, 0.1) is 5.92 Å². The molecule has 0 aromatic heterocycles. The van der Waals surface area contributed by atoms with Crippen LogP contribution in [0.2, 0.25) is 0 Å². The molecule has 0 spiro atoms. The lowest BCUT2D eigenvalue weighted by molar-refractivity contribution is 0.0200. The molecule has 148 valence electrons. The fraction of sp³-hybridized carbons (Fsp3) is 0.895. The lowest BCUT2D eigenvalue weighted by atomic mass is 10.1. The van der Waals surface area contributed by atoms with Gasteiger partial charge < -0.3 is 24.6 Å². The number of nitrogens with one attached hydrogen (secondary N) is 1. The summed E-state index contributed by atoms with van der Waals surface area (Å²) in [6.07, 6.45) is 4.55. The van der Waals surface area contributed by atoms with Crippen LogP contribution in [0.25, 0.3) is 0 Å². The molecule has 3 aliphatic rings. The maximum Gasteiger partial charge on any atom is 0.410 e. The number of ether oxygens (including phenoxy) is 2. The third kappa shape index (κ3) is 5.50. The first-order chi connectivity index (χ1) is 12.3. The molecule has 1 N–H and O–H groups in total. The van der Waals surface area contributed by atoms with Crippen LogP contribution in [0.3, 0.4) is 0 Å². The molecule has 1 atom stereocenters. The Morgan fingerprint density at radius 1 is 1.15 bits per heavy atom. The lowest BCUT2D eigenvalue weighted by Gasteiger charge is -2.35. The molecular weight excluding hydrogens is 334 g/mol. The largest absolute Gasteiger partial charge is 0.444 e. The smallest absolute Gasteiger partial charge is 0.410 e. The van der Waals surface area contributed by atoms with Gasteiger partial charge in [0.15, 0.2) is 0 Å². The molecule has 7 nitrogen and oxygen atoms in total. The third-order valence-corrected chi connectivity index (χ3v) is 5.20. The Morgan fingerprint density at radius 2 is 1.85 bits per heavy atom. The Hall–Kier alpha value is -1.50. The summed E-state index contributed by atoms with van der Waals surface area (Å²) in [5, 5.41) is 3.19. The van der Waals surface area contributed by atoms with Crippen molar-refractivity contribution in [1.82, 2.24) is 15.1 Å². The molecule has 2 heterocycles. The van der Waals surface area contributed by atoms with E-state index >= 15 is 0 Å². The van der Waals surface area contributed by atoms with Gasteiger partial charge in [-0.15, -0.1) is 0 Å². The molecule has 2 saturated heterocycles. The molecule has 1 aliphatic carbocycles. The van der Waals surface area contributed by atoms with Crippen molar-refractivity contribution in [2.45, 2.75) is 70.6 Å². The molecule has 3 rings (SSSR count). The van der Waals surface area contributed by atoms with Gasteiger partial charge in [-0.1, -0.05) is 0 Å². The highest BCUT2D eigenvalue weighted by atomic mass is 16.6. The van der Waals surface area contributed by atoms with Gasteiger partial charge >= 0.3 is 12.1 Å². The Bertz CT molecular complexity index is 501. The number of nitrogens with zero attached hydrogens (tertiary/aromatic N) is 2. The van der Waals surface area contributed by atoms with Crippen LogP contribution in [0.4, 0.5) is 9.59 Å². The highest BCUT2D eigenvalue weighted by Crippen LogP contribution is 2.29. The van der Waals surface area contributed by atoms with Gasteiger partial charge in [-0.2, -0.15) is 0 Å². The molecule has 3 amide bonds. The van der Waals surface area contributed by atoms with Crippen LogP contribution in [-0.4, -0.2) is 72.5 Å². The number of urea groups is 1. The lowest BCUT2D eigenvalue weighted by Crippen LogP contribution is -2.52. The third-order valence-electron chi connectivity index (χ3n) is 5.20. The predicted octanol–water partition coefficient (Wildman–Crippen LogP) is 2.60. The summed E-state index contributed by atoms with van der Waals surface area (Å²) < 4.78 is 10.9. The summed E-state index contributed by atoms with van der Waals surface area (Å²) in [7, 11) is 0. The molecule has 1 saturated carbocycles. The van der Waals surface area contributed by atoms with Crippen molar-refractivity contribution in [1.29, 1.82) is 0 Å². The Labute approximate surface area is 156 Å². The summed E-state index contributed by atoms with van der Waals surface area (Å²) in [6.45, 7) is 9.25. The molecule has 0 aromatic rings. The van der Waals surface area contributed by atoms with Gasteiger partial charge in [0.05, 0.1) is 6.61 Å². The van der Waals surface area contributed by atoms with Gasteiger partial charge in [-0.3, -0.25) is 0 Å². The summed E-state index contributed by atoms with van der Waals surface area (Å²) in [5.74, 6) is 0.468. The topological polar surface area (TPSA) is 71.1 Å². The van der Waals surface area contributed by atoms with E-state index in [1.54, 1.807) is 4.90 Å². The second-order valence-electron chi connectivity index (χ2n) is 8.80. The number of carbonyl (C=O) groups is 2. The Morgan fingerprint density at radius 3 is 2.38 bits per heavy atom. The predicted molar refractivity (Wildman–Crippen MR) is 98.0 cm³/mol. The second-order valence-corrected chi connectivity index (χ2v) is 8.80. The van der Waals surface area contributed by atoms with E-state index < -0.39 is 5.60 Å². The molecule has 3 fully saturated rings. The van der Waals surface area contributed by atoms with E-state index in [0.29, 0.717) is 25.0 Å². The van der Waals surface area contributed by atoms with E-state index in [4.69, 9.17) is 9.47 Å². The fourth-order valence-corrected chi connectivity index (χ4v) is 3.58. The van der Waals surface area contributed by atoms with Crippen molar-refractivity contribution < 1.29 is 19.1 Å². The number of carbonyl (C=O) groups excluding carboxylic acids is 2. The quantitative estimate of drug-likeness (QED) is 0.829. The van der Waals surface area contributed by atoms with Crippen molar-refractivity contribution in [3.05, 3.63) is 0 Å². The van der Waals surface area contributed by atoms with Gasteiger partial charge in [-0.05, 0) is 52.9 Å². The number of hydrogen-bond acceptors (Lipinski definition) is 4. The molecule has 0 aromatic carbocycles. The number of amides is 3. The van der Waals surface area contributed by atoms with E-state index in [1.807, 2.05) is 25.7 Å². The molecule has 0 radical (unpaired) electrons. The van der Waals surface area contributed by atoms with Gasteiger partial charge in [0.2, 0.25) is 0 Å². The maximum absolute atomic E-state index is 12.8. The zero-order valence-corrected chi connectivity index (χ0v) is 16.3. The van der Waals surface area contributed by atoms with Crippen molar-refractivity contribution >= 4 is 12.1 Å². The van der Waals surface area contributed by atoms with Crippen LogP contribution in [0.5, 0.6) is 0 Å². The van der Waals surface area contributed by atoms with Crippen LogP contribution in [0.15, 0.2) is 0 Å². The van der Waals surface area contributed by atoms with Gasteiger partial charge in [0.1, 0.15) is 5.60 Å². The van der Waals surface area contributed by atoms with E-state index in [0.717, 1.165) is 51.9 Å². The number of likely N-dealkylation sites (tertiary alicyclic amines) is 1. The zero-order valence-electron chi connectivity index (χ0n) is 16.3. The second kappa shape index (κ2) is 8.03. The Balaban J connectivity index is 1.44. The summed E-state index contributed by atoms with van der Waals surface area (Å²) >= 11 is 0. The normalized spacial score (nSPS) is 24.4. The minimum atomic E-state index is -0.475. The Kier molecular flexibility index (Phi) is 5.95. The van der Waals surface area contributed by atoms with Crippen molar-refractivity contribution in [3.8, 4) is 0 Å². The molecule has 2 aliphatic heterocycles. The standard InChI is InChI=1S/C19H33N3O4/c1-19(2,3)26-18(24)21-9-6-15(7-10-21)20-17(23)22(16-4-5-16)12-14-8-11-25-13-14/h14-16H,4-13H2,1-3H3,(H,20,23). The summed E-state index contributed by atoms with van der Waals surface area (Å²) in [6, 6.07) is 0.579. The average Bonchev–Trinajstić information content (AvgIpc) is 3.27. The minimum absolute atomic E-state index is 0.0510. The number of hydrogen-bond donors (Lipinski definition) is 1.